The summed E-state index contributed by atoms with van der Waals surface area (Å²) in [6, 6.07) is 14.2. The number of nitrogens with zero attached hydrogens (tertiary/aromatic N) is 1. The smallest absolute Gasteiger partial charge is 0.265 e. The standard InChI is InChI=1S/C21H24N2O4/c1-15(27-19-12-6-5-11-18(19)26-2)20(24)22-17-10-4-3-9-16(17)21(25)23-13-7-8-14-23/h3-6,9-12,15H,7-8,13-14H2,1-2H3,(H,22,24)/t15-/m0/s1. The number of methoxy groups -OCH3 is 1. The zero-order chi connectivity index (χ0) is 19.2. The lowest BCUT2D eigenvalue weighted by Crippen LogP contribution is -2.32. The molecule has 2 aromatic carbocycles. The molecule has 0 radical (unpaired) electrons. The van der Waals surface area contributed by atoms with Crippen LogP contribution in [0.5, 0.6) is 11.5 Å². The second-order valence-electron chi connectivity index (χ2n) is 6.45. The van der Waals surface area contributed by atoms with Crippen molar-refractivity contribution in [2.24, 2.45) is 0 Å². The van der Waals surface area contributed by atoms with Gasteiger partial charge >= 0.3 is 0 Å². The van der Waals surface area contributed by atoms with Crippen LogP contribution in [0.2, 0.25) is 0 Å². The summed E-state index contributed by atoms with van der Waals surface area (Å²) >= 11 is 0. The van der Waals surface area contributed by atoms with Gasteiger partial charge in [0.1, 0.15) is 0 Å². The third kappa shape index (κ3) is 4.39. The average molecular weight is 368 g/mol. The summed E-state index contributed by atoms with van der Waals surface area (Å²) in [5.41, 5.74) is 0.993. The van der Waals surface area contributed by atoms with E-state index >= 15 is 0 Å². The largest absolute Gasteiger partial charge is 0.493 e. The Balaban J connectivity index is 1.71. The first-order valence-electron chi connectivity index (χ1n) is 9.09. The van der Waals surface area contributed by atoms with Crippen LogP contribution in [0, 0.1) is 0 Å². The van der Waals surface area contributed by atoms with Gasteiger partial charge in [-0.25, -0.2) is 0 Å². The van der Waals surface area contributed by atoms with Gasteiger partial charge in [0, 0.05) is 13.1 Å². The van der Waals surface area contributed by atoms with Gasteiger partial charge in [-0.1, -0.05) is 24.3 Å². The molecule has 1 heterocycles. The first-order chi connectivity index (χ1) is 13.1. The second kappa shape index (κ2) is 8.58. The van der Waals surface area contributed by atoms with Gasteiger partial charge in [0.2, 0.25) is 0 Å². The fourth-order valence-corrected chi connectivity index (χ4v) is 3.06. The van der Waals surface area contributed by atoms with E-state index in [2.05, 4.69) is 5.32 Å². The number of anilines is 1. The molecule has 0 spiro atoms. The van der Waals surface area contributed by atoms with E-state index < -0.39 is 6.10 Å². The maximum Gasteiger partial charge on any atom is 0.265 e. The van der Waals surface area contributed by atoms with Gasteiger partial charge in [0.25, 0.3) is 11.8 Å². The lowest BCUT2D eigenvalue weighted by Gasteiger charge is -2.20. The Morgan fingerprint density at radius 2 is 1.63 bits per heavy atom. The zero-order valence-electron chi connectivity index (χ0n) is 15.6. The number of rotatable bonds is 6. The molecule has 27 heavy (non-hydrogen) atoms. The summed E-state index contributed by atoms with van der Waals surface area (Å²) in [6.07, 6.45) is 1.28. The van der Waals surface area contributed by atoms with Crippen molar-refractivity contribution in [3.63, 3.8) is 0 Å². The highest BCUT2D eigenvalue weighted by Gasteiger charge is 2.24. The fourth-order valence-electron chi connectivity index (χ4n) is 3.06. The Morgan fingerprint density at radius 1 is 1.00 bits per heavy atom. The van der Waals surface area contributed by atoms with Crippen LogP contribution in [0.3, 0.4) is 0 Å². The van der Waals surface area contributed by atoms with Gasteiger partial charge in [-0.15, -0.1) is 0 Å². The predicted octanol–water partition coefficient (Wildman–Crippen LogP) is 3.34. The molecule has 2 amide bonds. The number of ether oxygens (including phenoxy) is 2. The number of para-hydroxylation sites is 3. The Hall–Kier alpha value is -3.02. The molecule has 1 atom stereocenters. The van der Waals surface area contributed by atoms with Crippen molar-refractivity contribution < 1.29 is 19.1 Å². The highest BCUT2D eigenvalue weighted by molar-refractivity contribution is 6.04. The lowest BCUT2D eigenvalue weighted by molar-refractivity contribution is -0.122. The van der Waals surface area contributed by atoms with E-state index in [4.69, 9.17) is 9.47 Å². The van der Waals surface area contributed by atoms with Crippen LogP contribution in [0.25, 0.3) is 0 Å². The van der Waals surface area contributed by atoms with E-state index in [-0.39, 0.29) is 11.8 Å². The van der Waals surface area contributed by atoms with Crippen LogP contribution in [-0.2, 0) is 4.79 Å². The van der Waals surface area contributed by atoms with Crippen LogP contribution in [0.1, 0.15) is 30.1 Å². The SMILES string of the molecule is COc1ccccc1O[C@@H](C)C(=O)Nc1ccccc1C(=O)N1CCCC1. The third-order valence-corrected chi connectivity index (χ3v) is 4.55. The first-order valence-corrected chi connectivity index (χ1v) is 9.09. The van der Waals surface area contributed by atoms with E-state index in [1.165, 1.54) is 0 Å². The summed E-state index contributed by atoms with van der Waals surface area (Å²) in [7, 11) is 1.55. The molecular weight excluding hydrogens is 344 g/mol. The van der Waals surface area contributed by atoms with E-state index in [1.807, 2.05) is 17.0 Å². The van der Waals surface area contributed by atoms with Gasteiger partial charge in [0.15, 0.2) is 17.6 Å². The molecule has 142 valence electrons. The summed E-state index contributed by atoms with van der Waals surface area (Å²) in [6.45, 7) is 3.18. The van der Waals surface area contributed by atoms with E-state index in [0.29, 0.717) is 22.7 Å². The van der Waals surface area contributed by atoms with Gasteiger partial charge in [-0.3, -0.25) is 9.59 Å². The normalized spacial score (nSPS) is 14.5. The molecule has 3 rings (SSSR count). The zero-order valence-corrected chi connectivity index (χ0v) is 15.6. The number of likely N-dealkylation sites (tertiary alicyclic amines) is 1. The minimum atomic E-state index is -0.753. The molecule has 6 nitrogen and oxygen atoms in total. The molecule has 0 unspecified atom stereocenters. The molecule has 0 saturated carbocycles. The minimum Gasteiger partial charge on any atom is -0.493 e. The number of amides is 2. The topological polar surface area (TPSA) is 67.9 Å². The van der Waals surface area contributed by atoms with Crippen molar-refractivity contribution in [3.8, 4) is 11.5 Å². The summed E-state index contributed by atoms with van der Waals surface area (Å²) in [5, 5.41) is 2.82. The number of nitrogens with one attached hydrogen (secondary N) is 1. The average Bonchev–Trinajstić information content (AvgIpc) is 3.23. The number of carbonyl (C=O) groups is 2. The number of hydrogen-bond acceptors (Lipinski definition) is 4. The van der Waals surface area contributed by atoms with Gasteiger partial charge in [-0.2, -0.15) is 0 Å². The Labute approximate surface area is 159 Å². The minimum absolute atomic E-state index is 0.0540. The fraction of sp³-hybridized carbons (Fsp3) is 0.333. The van der Waals surface area contributed by atoms with Crippen LogP contribution in [-0.4, -0.2) is 43.0 Å². The Kier molecular flexibility index (Phi) is 5.96. The summed E-state index contributed by atoms with van der Waals surface area (Å²) < 4.78 is 11.0. The number of hydrogen-bond donors (Lipinski definition) is 1. The van der Waals surface area contributed by atoms with E-state index in [0.717, 1.165) is 25.9 Å². The molecule has 0 aliphatic carbocycles. The van der Waals surface area contributed by atoms with Crippen molar-refractivity contribution in [2.45, 2.75) is 25.9 Å². The molecular formula is C21H24N2O4. The van der Waals surface area contributed by atoms with Crippen molar-refractivity contribution in [1.29, 1.82) is 0 Å². The molecule has 0 aromatic heterocycles. The Morgan fingerprint density at radius 3 is 2.33 bits per heavy atom. The Bertz CT molecular complexity index is 815. The maximum absolute atomic E-state index is 12.7. The van der Waals surface area contributed by atoms with Gasteiger partial charge in [-0.05, 0) is 44.0 Å². The van der Waals surface area contributed by atoms with Crippen molar-refractivity contribution in [1.82, 2.24) is 4.90 Å². The summed E-state index contributed by atoms with van der Waals surface area (Å²) in [5.74, 6) is 0.662. The quantitative estimate of drug-likeness (QED) is 0.849. The number of carbonyl (C=O) groups excluding carboxylic acids is 2. The van der Waals surface area contributed by atoms with Crippen molar-refractivity contribution in [3.05, 3.63) is 54.1 Å². The molecule has 1 aliphatic rings. The second-order valence-corrected chi connectivity index (χ2v) is 6.45. The van der Waals surface area contributed by atoms with Crippen molar-refractivity contribution >= 4 is 17.5 Å². The van der Waals surface area contributed by atoms with E-state index in [9.17, 15) is 9.59 Å². The third-order valence-electron chi connectivity index (χ3n) is 4.55. The molecule has 1 aliphatic heterocycles. The molecule has 2 aromatic rings. The predicted molar refractivity (Wildman–Crippen MR) is 103 cm³/mol. The molecule has 0 bridgehead atoms. The van der Waals surface area contributed by atoms with E-state index in [1.54, 1.807) is 50.4 Å². The monoisotopic (exact) mass is 368 g/mol. The molecule has 6 heteroatoms. The van der Waals surface area contributed by atoms with Crippen LogP contribution in [0.4, 0.5) is 5.69 Å². The highest BCUT2D eigenvalue weighted by atomic mass is 16.5. The van der Waals surface area contributed by atoms with Crippen molar-refractivity contribution in [2.75, 3.05) is 25.5 Å². The van der Waals surface area contributed by atoms with Crippen LogP contribution in [0.15, 0.2) is 48.5 Å². The van der Waals surface area contributed by atoms with Crippen LogP contribution < -0.4 is 14.8 Å². The highest BCUT2D eigenvalue weighted by Crippen LogP contribution is 2.27. The van der Waals surface area contributed by atoms with Crippen LogP contribution >= 0.6 is 0 Å². The van der Waals surface area contributed by atoms with Gasteiger partial charge < -0.3 is 19.7 Å². The van der Waals surface area contributed by atoms with Gasteiger partial charge in [0.05, 0.1) is 18.4 Å². The molecule has 1 N–H and O–H groups in total. The first kappa shape index (κ1) is 18.8. The number of benzene rings is 2. The molecule has 1 saturated heterocycles. The molecule has 1 fully saturated rings. The maximum atomic E-state index is 12.7. The summed E-state index contributed by atoms with van der Waals surface area (Å²) in [4.78, 5) is 27.2. The lowest BCUT2D eigenvalue weighted by atomic mass is 10.1.